The summed E-state index contributed by atoms with van der Waals surface area (Å²) in [5.74, 6) is -0.261. The second-order valence-electron chi connectivity index (χ2n) is 6.55. The Balaban J connectivity index is 2.07. The number of hydrogen-bond acceptors (Lipinski definition) is 3. The fourth-order valence-corrected chi connectivity index (χ4v) is 2.66. The van der Waals surface area contributed by atoms with Gasteiger partial charge in [0.15, 0.2) is 0 Å². The van der Waals surface area contributed by atoms with Crippen LogP contribution >= 0.6 is 0 Å². The third-order valence-electron chi connectivity index (χ3n) is 4.07. The molecule has 0 spiro atoms. The van der Waals surface area contributed by atoms with Gasteiger partial charge in [-0.05, 0) is 31.9 Å². The second-order valence-corrected chi connectivity index (χ2v) is 6.55. The average Bonchev–Trinajstić information content (AvgIpc) is 2.63. The monoisotopic (exact) mass is 347 g/mol. The molecule has 0 saturated heterocycles. The highest BCUT2D eigenvalue weighted by molar-refractivity contribution is 5.97. The molecule has 0 radical (unpaired) electrons. The van der Waals surface area contributed by atoms with Crippen LogP contribution in [0.25, 0.3) is 0 Å². The van der Waals surface area contributed by atoms with Crippen molar-refractivity contribution in [3.05, 3.63) is 83.1 Å². The van der Waals surface area contributed by atoms with Crippen LogP contribution in [0.3, 0.4) is 0 Å². The normalized spacial score (nSPS) is 11.1. The highest BCUT2D eigenvalue weighted by Crippen LogP contribution is 2.12. The number of nitrogens with zero attached hydrogens (tertiary/aromatic N) is 2. The van der Waals surface area contributed by atoms with Crippen LogP contribution in [0.1, 0.15) is 30.5 Å². The molecule has 4 nitrogen and oxygen atoms in total. The Morgan fingerprint density at radius 2 is 1.85 bits per heavy atom. The van der Waals surface area contributed by atoms with Crippen molar-refractivity contribution in [2.24, 2.45) is 0 Å². The molecule has 2 aromatic carbocycles. The average molecular weight is 347 g/mol. The van der Waals surface area contributed by atoms with Gasteiger partial charge in [0.2, 0.25) is 0 Å². The van der Waals surface area contributed by atoms with Gasteiger partial charge >= 0.3 is 0 Å². The van der Waals surface area contributed by atoms with Gasteiger partial charge in [0.05, 0.1) is 0 Å². The second kappa shape index (κ2) is 9.43. The summed E-state index contributed by atoms with van der Waals surface area (Å²) < 4.78 is 0. The Morgan fingerprint density at radius 3 is 2.46 bits per heavy atom. The van der Waals surface area contributed by atoms with Gasteiger partial charge < -0.3 is 10.2 Å². The van der Waals surface area contributed by atoms with E-state index in [4.69, 9.17) is 0 Å². The van der Waals surface area contributed by atoms with Crippen LogP contribution in [0.5, 0.6) is 0 Å². The molecule has 1 amide bonds. The lowest BCUT2D eigenvalue weighted by Crippen LogP contribution is -2.37. The number of carbonyl (C=O) groups is 1. The molecule has 0 aliphatic heterocycles. The van der Waals surface area contributed by atoms with Crippen molar-refractivity contribution in [1.29, 1.82) is 5.26 Å². The fraction of sp³-hybridized carbons (Fsp3) is 0.273. The lowest BCUT2D eigenvalue weighted by atomic mass is 10.1. The number of rotatable bonds is 7. The van der Waals surface area contributed by atoms with Crippen molar-refractivity contribution in [2.75, 3.05) is 0 Å². The topological polar surface area (TPSA) is 56.1 Å². The van der Waals surface area contributed by atoms with Crippen molar-refractivity contribution >= 4 is 5.91 Å². The Kier molecular flexibility index (Phi) is 6.99. The highest BCUT2D eigenvalue weighted by atomic mass is 16.2. The number of nitriles is 1. The van der Waals surface area contributed by atoms with E-state index in [1.54, 1.807) is 4.90 Å². The van der Waals surface area contributed by atoms with Crippen LogP contribution in [0.15, 0.2) is 66.4 Å². The summed E-state index contributed by atoms with van der Waals surface area (Å²) in [6.45, 7) is 6.99. The van der Waals surface area contributed by atoms with E-state index in [1.807, 2.05) is 75.4 Å². The third-order valence-corrected chi connectivity index (χ3v) is 4.07. The summed E-state index contributed by atoms with van der Waals surface area (Å²) in [6.07, 6.45) is 1.52. The maximum atomic E-state index is 12.8. The molecule has 0 bridgehead atoms. The maximum Gasteiger partial charge on any atom is 0.266 e. The maximum absolute atomic E-state index is 12.8. The summed E-state index contributed by atoms with van der Waals surface area (Å²) in [4.78, 5) is 14.5. The molecule has 4 heteroatoms. The number of nitrogens with one attached hydrogen (secondary N) is 1. The summed E-state index contributed by atoms with van der Waals surface area (Å²) in [6, 6.07) is 19.9. The molecule has 0 aliphatic carbocycles. The van der Waals surface area contributed by atoms with Crippen LogP contribution in [-0.2, 0) is 17.9 Å². The first-order valence-corrected chi connectivity index (χ1v) is 8.75. The van der Waals surface area contributed by atoms with Gasteiger partial charge in [0.1, 0.15) is 11.6 Å². The summed E-state index contributed by atoms with van der Waals surface area (Å²) in [7, 11) is 0. The Labute approximate surface area is 155 Å². The van der Waals surface area contributed by atoms with Crippen LogP contribution < -0.4 is 5.32 Å². The molecule has 134 valence electrons. The van der Waals surface area contributed by atoms with Crippen molar-refractivity contribution in [3.8, 4) is 6.07 Å². The Morgan fingerprint density at radius 1 is 1.15 bits per heavy atom. The first-order valence-electron chi connectivity index (χ1n) is 8.75. The molecule has 1 N–H and O–H groups in total. The molecule has 0 fully saturated rings. The van der Waals surface area contributed by atoms with E-state index in [2.05, 4.69) is 11.4 Å². The van der Waals surface area contributed by atoms with Crippen molar-refractivity contribution in [2.45, 2.75) is 39.9 Å². The van der Waals surface area contributed by atoms with Crippen molar-refractivity contribution in [1.82, 2.24) is 10.2 Å². The largest absolute Gasteiger partial charge is 0.386 e. The number of hydrogen-bond donors (Lipinski definition) is 1. The molecule has 0 unspecified atom stereocenters. The Hall–Kier alpha value is -3.06. The van der Waals surface area contributed by atoms with E-state index >= 15 is 0 Å². The third kappa shape index (κ3) is 5.49. The lowest BCUT2D eigenvalue weighted by Gasteiger charge is -2.26. The van der Waals surface area contributed by atoms with Crippen molar-refractivity contribution < 1.29 is 4.79 Å². The minimum atomic E-state index is -0.261. The summed E-state index contributed by atoms with van der Waals surface area (Å²) >= 11 is 0. The van der Waals surface area contributed by atoms with Gasteiger partial charge in [-0.3, -0.25) is 4.79 Å². The quantitative estimate of drug-likeness (QED) is 0.610. The van der Waals surface area contributed by atoms with E-state index < -0.39 is 0 Å². The number of amides is 1. The fourth-order valence-electron chi connectivity index (χ4n) is 2.66. The highest BCUT2D eigenvalue weighted by Gasteiger charge is 2.21. The molecular formula is C22H25N3O. The summed E-state index contributed by atoms with van der Waals surface area (Å²) in [5.41, 5.74) is 3.44. The number of benzene rings is 2. The first-order chi connectivity index (χ1) is 12.5. The van der Waals surface area contributed by atoms with E-state index in [0.717, 1.165) is 11.1 Å². The van der Waals surface area contributed by atoms with Gasteiger partial charge in [-0.1, -0.05) is 60.2 Å². The van der Waals surface area contributed by atoms with Gasteiger partial charge in [-0.2, -0.15) is 5.26 Å². The zero-order valence-electron chi connectivity index (χ0n) is 15.6. The minimum Gasteiger partial charge on any atom is -0.386 e. The van der Waals surface area contributed by atoms with Crippen LogP contribution in [0.2, 0.25) is 0 Å². The molecule has 0 atom stereocenters. The Bertz CT molecular complexity index is 804. The van der Waals surface area contributed by atoms with Gasteiger partial charge in [-0.25, -0.2) is 0 Å². The molecule has 0 heterocycles. The lowest BCUT2D eigenvalue weighted by molar-refractivity contribution is -0.129. The van der Waals surface area contributed by atoms with E-state index in [-0.39, 0.29) is 17.5 Å². The molecule has 26 heavy (non-hydrogen) atoms. The van der Waals surface area contributed by atoms with E-state index in [1.165, 1.54) is 11.8 Å². The summed E-state index contributed by atoms with van der Waals surface area (Å²) in [5, 5.41) is 12.5. The SMILES string of the molecule is Cc1cccc(CN/C=C(/C#N)C(=O)N(Cc2ccccc2)C(C)C)c1. The van der Waals surface area contributed by atoms with Crippen LogP contribution in [0, 0.1) is 18.3 Å². The van der Waals surface area contributed by atoms with Gasteiger partial charge in [0.25, 0.3) is 5.91 Å². The first kappa shape index (κ1) is 19.3. The molecule has 0 saturated carbocycles. The van der Waals surface area contributed by atoms with Crippen molar-refractivity contribution in [3.63, 3.8) is 0 Å². The predicted octanol–water partition coefficient (Wildman–Crippen LogP) is 3.93. The predicted molar refractivity (Wildman–Crippen MR) is 104 cm³/mol. The number of aryl methyl sites for hydroxylation is 1. The zero-order valence-corrected chi connectivity index (χ0v) is 15.6. The molecule has 0 aliphatic rings. The minimum absolute atomic E-state index is 0.00349. The van der Waals surface area contributed by atoms with Crippen LogP contribution in [-0.4, -0.2) is 16.8 Å². The molecular weight excluding hydrogens is 322 g/mol. The van der Waals surface area contributed by atoms with E-state index in [0.29, 0.717) is 13.1 Å². The molecule has 2 aromatic rings. The zero-order chi connectivity index (χ0) is 18.9. The number of carbonyl (C=O) groups excluding carboxylic acids is 1. The molecule has 2 rings (SSSR count). The standard InChI is InChI=1S/C22H25N3O/c1-17(2)25(16-19-9-5-4-6-10-19)22(26)21(13-23)15-24-14-20-11-7-8-18(3)12-20/h4-12,15,17,24H,14,16H2,1-3H3/b21-15-. The van der Waals surface area contributed by atoms with Crippen LogP contribution in [0.4, 0.5) is 0 Å². The molecule has 0 aromatic heterocycles. The smallest absolute Gasteiger partial charge is 0.266 e. The van der Waals surface area contributed by atoms with Gasteiger partial charge in [-0.15, -0.1) is 0 Å². The van der Waals surface area contributed by atoms with E-state index in [9.17, 15) is 10.1 Å². The van der Waals surface area contributed by atoms with Gasteiger partial charge in [0, 0.05) is 25.3 Å².